The highest BCUT2D eigenvalue weighted by atomic mass is 16.1. The molecule has 0 aromatic carbocycles. The summed E-state index contributed by atoms with van der Waals surface area (Å²) in [5, 5.41) is 3.40. The third kappa shape index (κ3) is 1.87. The number of aromatic nitrogens is 1. The van der Waals surface area contributed by atoms with Gasteiger partial charge in [0.25, 0.3) is 5.56 Å². The fraction of sp³-hybridized carbons (Fsp3) is 0.545. The summed E-state index contributed by atoms with van der Waals surface area (Å²) in [6, 6.07) is 5.91. The van der Waals surface area contributed by atoms with Gasteiger partial charge >= 0.3 is 0 Å². The lowest BCUT2D eigenvalue weighted by Crippen LogP contribution is -2.32. The molecule has 0 bridgehead atoms. The van der Waals surface area contributed by atoms with Gasteiger partial charge in [0.05, 0.1) is 0 Å². The fourth-order valence-electron chi connectivity index (χ4n) is 1.99. The summed E-state index contributed by atoms with van der Waals surface area (Å²) in [7, 11) is 0. The van der Waals surface area contributed by atoms with Crippen LogP contribution in [0.5, 0.6) is 0 Å². The molecular formula is C11H16N2O. The molecule has 1 aliphatic rings. The molecule has 76 valence electrons. The van der Waals surface area contributed by atoms with E-state index < -0.39 is 0 Å². The molecule has 1 saturated heterocycles. The van der Waals surface area contributed by atoms with Gasteiger partial charge in [-0.25, -0.2) is 0 Å². The van der Waals surface area contributed by atoms with E-state index in [0.717, 1.165) is 18.8 Å². The summed E-state index contributed by atoms with van der Waals surface area (Å²) in [5.41, 5.74) is 1.16. The quantitative estimate of drug-likeness (QED) is 0.755. The maximum atomic E-state index is 11.6. The van der Waals surface area contributed by atoms with E-state index in [0.29, 0.717) is 6.04 Å². The van der Waals surface area contributed by atoms with E-state index in [1.165, 1.54) is 12.8 Å². The van der Waals surface area contributed by atoms with Gasteiger partial charge in [0.15, 0.2) is 0 Å². The average Bonchev–Trinajstić information content (AvgIpc) is 2.64. The second-order valence-corrected chi connectivity index (χ2v) is 3.91. The summed E-state index contributed by atoms with van der Waals surface area (Å²) < 4.78 is 1.85. The molecule has 0 spiro atoms. The summed E-state index contributed by atoms with van der Waals surface area (Å²) in [6.45, 7) is 3.88. The van der Waals surface area contributed by atoms with Crippen LogP contribution >= 0.6 is 0 Å². The van der Waals surface area contributed by atoms with Gasteiger partial charge in [0.2, 0.25) is 0 Å². The van der Waals surface area contributed by atoms with E-state index >= 15 is 0 Å². The highest BCUT2D eigenvalue weighted by Gasteiger charge is 2.15. The van der Waals surface area contributed by atoms with Crippen molar-refractivity contribution in [2.75, 3.05) is 6.54 Å². The first-order chi connectivity index (χ1) is 6.77. The minimum absolute atomic E-state index is 0.110. The SMILES string of the molecule is Cc1cccc(=O)n1C[C@H]1CCCN1. The molecule has 0 unspecified atom stereocenters. The summed E-state index contributed by atoms with van der Waals surface area (Å²) in [5.74, 6) is 0. The number of nitrogens with zero attached hydrogens (tertiary/aromatic N) is 1. The first-order valence-corrected chi connectivity index (χ1v) is 5.17. The van der Waals surface area contributed by atoms with Crippen molar-refractivity contribution in [2.45, 2.75) is 32.4 Å². The minimum Gasteiger partial charge on any atom is -0.312 e. The molecule has 1 aliphatic heterocycles. The maximum absolute atomic E-state index is 11.6. The zero-order valence-electron chi connectivity index (χ0n) is 8.49. The molecule has 3 nitrogen and oxygen atoms in total. The highest BCUT2D eigenvalue weighted by molar-refractivity contribution is 5.04. The van der Waals surface area contributed by atoms with Gasteiger partial charge in [0, 0.05) is 24.3 Å². The topological polar surface area (TPSA) is 34.0 Å². The van der Waals surface area contributed by atoms with Crippen molar-refractivity contribution < 1.29 is 0 Å². The second-order valence-electron chi connectivity index (χ2n) is 3.91. The molecule has 1 aromatic heterocycles. The fourth-order valence-corrected chi connectivity index (χ4v) is 1.99. The zero-order valence-corrected chi connectivity index (χ0v) is 8.49. The third-order valence-electron chi connectivity index (χ3n) is 2.83. The second kappa shape index (κ2) is 3.96. The Hall–Kier alpha value is -1.09. The smallest absolute Gasteiger partial charge is 0.250 e. The number of nitrogens with one attached hydrogen (secondary N) is 1. The van der Waals surface area contributed by atoms with Gasteiger partial charge in [-0.2, -0.15) is 0 Å². The Morgan fingerprint density at radius 3 is 3.07 bits per heavy atom. The molecule has 0 saturated carbocycles. The lowest BCUT2D eigenvalue weighted by atomic mass is 10.2. The summed E-state index contributed by atoms with van der Waals surface area (Å²) in [6.07, 6.45) is 2.41. The molecule has 1 fully saturated rings. The van der Waals surface area contributed by atoms with Crippen molar-refractivity contribution in [2.24, 2.45) is 0 Å². The van der Waals surface area contributed by atoms with Gasteiger partial charge in [0.1, 0.15) is 0 Å². The molecule has 1 aromatic rings. The van der Waals surface area contributed by atoms with Crippen molar-refractivity contribution in [1.82, 2.24) is 9.88 Å². The van der Waals surface area contributed by atoms with Crippen molar-refractivity contribution in [3.8, 4) is 0 Å². The molecule has 0 radical (unpaired) electrons. The molecular weight excluding hydrogens is 176 g/mol. The van der Waals surface area contributed by atoms with Gasteiger partial charge in [-0.15, -0.1) is 0 Å². The Kier molecular flexibility index (Phi) is 2.68. The van der Waals surface area contributed by atoms with Crippen molar-refractivity contribution >= 4 is 0 Å². The monoisotopic (exact) mass is 192 g/mol. The van der Waals surface area contributed by atoms with Crippen LogP contribution in [-0.4, -0.2) is 17.2 Å². The average molecular weight is 192 g/mol. The van der Waals surface area contributed by atoms with Crippen molar-refractivity contribution in [3.05, 3.63) is 34.2 Å². The van der Waals surface area contributed by atoms with Gasteiger partial charge < -0.3 is 9.88 Å². The minimum atomic E-state index is 0.110. The van der Waals surface area contributed by atoms with Gasteiger partial charge in [-0.05, 0) is 32.4 Å². The highest BCUT2D eigenvalue weighted by Crippen LogP contribution is 2.07. The van der Waals surface area contributed by atoms with Crippen LogP contribution in [0.1, 0.15) is 18.5 Å². The first-order valence-electron chi connectivity index (χ1n) is 5.17. The maximum Gasteiger partial charge on any atom is 0.250 e. The van der Waals surface area contributed by atoms with E-state index in [1.807, 2.05) is 23.6 Å². The van der Waals surface area contributed by atoms with Gasteiger partial charge in [-0.1, -0.05) is 6.07 Å². The largest absolute Gasteiger partial charge is 0.312 e. The van der Waals surface area contributed by atoms with Crippen LogP contribution in [0.4, 0.5) is 0 Å². The molecule has 2 heterocycles. The Labute approximate surface area is 83.8 Å². The van der Waals surface area contributed by atoms with E-state index in [2.05, 4.69) is 5.32 Å². The first kappa shape index (κ1) is 9.46. The molecule has 1 N–H and O–H groups in total. The summed E-state index contributed by atoms with van der Waals surface area (Å²) in [4.78, 5) is 11.6. The van der Waals surface area contributed by atoms with E-state index in [1.54, 1.807) is 6.07 Å². The normalized spacial score (nSPS) is 21.4. The Morgan fingerprint density at radius 1 is 1.57 bits per heavy atom. The predicted octanol–water partition coefficient (Wildman–Crippen LogP) is 0.909. The predicted molar refractivity (Wildman–Crippen MR) is 56.5 cm³/mol. The third-order valence-corrected chi connectivity index (χ3v) is 2.83. The van der Waals surface area contributed by atoms with Crippen LogP contribution < -0.4 is 10.9 Å². The van der Waals surface area contributed by atoms with Crippen LogP contribution in [-0.2, 0) is 6.54 Å². The molecule has 0 aliphatic carbocycles. The van der Waals surface area contributed by atoms with Crippen LogP contribution in [0, 0.1) is 6.92 Å². The van der Waals surface area contributed by atoms with E-state index in [9.17, 15) is 4.79 Å². The van der Waals surface area contributed by atoms with Crippen molar-refractivity contribution in [3.63, 3.8) is 0 Å². The van der Waals surface area contributed by atoms with Crippen molar-refractivity contribution in [1.29, 1.82) is 0 Å². The van der Waals surface area contributed by atoms with Crippen LogP contribution in [0.25, 0.3) is 0 Å². The number of rotatable bonds is 2. The molecule has 1 atom stereocenters. The van der Waals surface area contributed by atoms with Crippen LogP contribution in [0.2, 0.25) is 0 Å². The lowest BCUT2D eigenvalue weighted by molar-refractivity contribution is 0.492. The number of pyridine rings is 1. The molecule has 0 amide bonds. The number of hydrogen-bond acceptors (Lipinski definition) is 2. The van der Waals surface area contributed by atoms with Gasteiger partial charge in [-0.3, -0.25) is 4.79 Å². The molecule has 14 heavy (non-hydrogen) atoms. The van der Waals surface area contributed by atoms with Crippen LogP contribution in [0.15, 0.2) is 23.0 Å². The molecule has 2 rings (SSSR count). The van der Waals surface area contributed by atoms with E-state index in [-0.39, 0.29) is 5.56 Å². The van der Waals surface area contributed by atoms with E-state index in [4.69, 9.17) is 0 Å². The van der Waals surface area contributed by atoms with Crippen LogP contribution in [0.3, 0.4) is 0 Å². The lowest BCUT2D eigenvalue weighted by Gasteiger charge is -2.14. The standard InChI is InChI=1S/C11H16N2O/c1-9-4-2-6-11(14)13(9)8-10-5-3-7-12-10/h2,4,6,10,12H,3,5,7-8H2,1H3/t10-/m1/s1. The Bertz CT molecular complexity index is 364. The number of aryl methyl sites for hydroxylation is 1. The molecule has 3 heteroatoms. The Morgan fingerprint density at radius 2 is 2.43 bits per heavy atom. The zero-order chi connectivity index (χ0) is 9.97. The number of hydrogen-bond donors (Lipinski definition) is 1. The summed E-state index contributed by atoms with van der Waals surface area (Å²) >= 11 is 0. The Balaban J connectivity index is 2.19.